The number of ether oxygens (including phenoxy) is 1. The molecule has 14 heavy (non-hydrogen) atoms. The molecule has 0 aromatic carbocycles. The van der Waals surface area contributed by atoms with Crippen LogP contribution in [-0.2, 0) is 14.3 Å². The summed E-state index contributed by atoms with van der Waals surface area (Å²) in [6.45, 7) is 2.97. The SMILES string of the molecule is CCOC(=O)[C@H]1CCN2C(=O)CC[C@H]12. The molecule has 0 spiro atoms. The van der Waals surface area contributed by atoms with E-state index in [9.17, 15) is 9.59 Å². The fourth-order valence-electron chi connectivity index (χ4n) is 2.46. The van der Waals surface area contributed by atoms with Gasteiger partial charge in [-0.2, -0.15) is 0 Å². The zero-order valence-corrected chi connectivity index (χ0v) is 8.36. The highest BCUT2D eigenvalue weighted by Gasteiger charge is 2.45. The number of nitrogens with zero attached hydrogens (tertiary/aromatic N) is 1. The highest BCUT2D eigenvalue weighted by molar-refractivity contribution is 5.82. The van der Waals surface area contributed by atoms with Gasteiger partial charge >= 0.3 is 5.97 Å². The van der Waals surface area contributed by atoms with Crippen molar-refractivity contribution in [3.63, 3.8) is 0 Å². The van der Waals surface area contributed by atoms with Crippen LogP contribution in [0.3, 0.4) is 0 Å². The van der Waals surface area contributed by atoms with E-state index in [1.54, 1.807) is 0 Å². The van der Waals surface area contributed by atoms with Crippen LogP contribution in [-0.4, -0.2) is 36.0 Å². The van der Waals surface area contributed by atoms with Crippen LogP contribution < -0.4 is 0 Å². The van der Waals surface area contributed by atoms with Crippen molar-refractivity contribution in [1.29, 1.82) is 0 Å². The van der Waals surface area contributed by atoms with E-state index in [0.717, 1.165) is 19.4 Å². The summed E-state index contributed by atoms with van der Waals surface area (Å²) >= 11 is 0. The molecule has 2 saturated heterocycles. The maximum absolute atomic E-state index is 11.5. The first-order valence-electron chi connectivity index (χ1n) is 5.20. The van der Waals surface area contributed by atoms with Gasteiger partial charge in [-0.1, -0.05) is 0 Å². The topological polar surface area (TPSA) is 46.6 Å². The van der Waals surface area contributed by atoms with Gasteiger partial charge in [-0.25, -0.2) is 0 Å². The van der Waals surface area contributed by atoms with E-state index in [4.69, 9.17) is 4.74 Å². The van der Waals surface area contributed by atoms with E-state index < -0.39 is 0 Å². The van der Waals surface area contributed by atoms with Gasteiger partial charge in [-0.05, 0) is 19.8 Å². The molecule has 0 aliphatic carbocycles. The summed E-state index contributed by atoms with van der Waals surface area (Å²) in [6.07, 6.45) is 2.19. The Bertz CT molecular complexity index is 264. The number of hydrogen-bond donors (Lipinski definition) is 0. The second kappa shape index (κ2) is 3.59. The summed E-state index contributed by atoms with van der Waals surface area (Å²) in [4.78, 5) is 24.7. The molecule has 4 heteroatoms. The zero-order valence-electron chi connectivity index (χ0n) is 8.36. The van der Waals surface area contributed by atoms with Gasteiger partial charge in [-0.15, -0.1) is 0 Å². The predicted octanol–water partition coefficient (Wildman–Crippen LogP) is 0.560. The normalized spacial score (nSPS) is 30.6. The third kappa shape index (κ3) is 1.38. The maximum atomic E-state index is 11.5. The van der Waals surface area contributed by atoms with E-state index in [2.05, 4.69) is 0 Å². The Hall–Kier alpha value is -1.06. The monoisotopic (exact) mass is 197 g/mol. The molecule has 2 fully saturated rings. The molecular weight excluding hydrogens is 182 g/mol. The molecule has 0 aromatic heterocycles. The van der Waals surface area contributed by atoms with Gasteiger partial charge in [0.2, 0.25) is 5.91 Å². The lowest BCUT2D eigenvalue weighted by molar-refractivity contribution is -0.148. The molecule has 4 nitrogen and oxygen atoms in total. The van der Waals surface area contributed by atoms with Gasteiger partial charge in [0.15, 0.2) is 0 Å². The van der Waals surface area contributed by atoms with Crippen LogP contribution in [0.4, 0.5) is 0 Å². The fraction of sp³-hybridized carbons (Fsp3) is 0.800. The predicted molar refractivity (Wildman–Crippen MR) is 49.5 cm³/mol. The Balaban J connectivity index is 2.03. The Kier molecular flexibility index (Phi) is 2.44. The van der Waals surface area contributed by atoms with Crippen molar-refractivity contribution in [2.45, 2.75) is 32.2 Å². The standard InChI is InChI=1S/C10H15NO3/c1-2-14-10(13)7-5-6-11-8(7)3-4-9(11)12/h7-8H,2-6H2,1H3/t7-,8+/m0/s1. The smallest absolute Gasteiger partial charge is 0.311 e. The number of fused-ring (bicyclic) bond motifs is 1. The molecule has 0 unspecified atom stereocenters. The van der Waals surface area contributed by atoms with Crippen molar-refractivity contribution in [3.05, 3.63) is 0 Å². The lowest BCUT2D eigenvalue weighted by atomic mass is 9.99. The van der Waals surface area contributed by atoms with Gasteiger partial charge in [0.05, 0.1) is 12.5 Å². The molecule has 2 heterocycles. The zero-order chi connectivity index (χ0) is 10.1. The molecule has 0 N–H and O–H groups in total. The van der Waals surface area contributed by atoms with Crippen LogP contribution in [0, 0.1) is 5.92 Å². The molecule has 2 atom stereocenters. The van der Waals surface area contributed by atoms with Gasteiger partial charge in [-0.3, -0.25) is 9.59 Å². The number of amides is 1. The van der Waals surface area contributed by atoms with Crippen molar-refractivity contribution in [2.75, 3.05) is 13.2 Å². The minimum absolute atomic E-state index is 0.0681. The largest absolute Gasteiger partial charge is 0.466 e. The van der Waals surface area contributed by atoms with E-state index in [0.29, 0.717) is 13.0 Å². The third-order valence-corrected chi connectivity index (χ3v) is 3.11. The second-order valence-corrected chi connectivity index (χ2v) is 3.84. The van der Waals surface area contributed by atoms with Crippen molar-refractivity contribution >= 4 is 11.9 Å². The van der Waals surface area contributed by atoms with Gasteiger partial charge in [0.25, 0.3) is 0 Å². The summed E-state index contributed by atoms with van der Waals surface area (Å²) in [5.74, 6) is -0.00195. The average molecular weight is 197 g/mol. The van der Waals surface area contributed by atoms with Crippen LogP contribution in [0.25, 0.3) is 0 Å². The number of carbonyl (C=O) groups excluding carboxylic acids is 2. The van der Waals surface area contributed by atoms with Crippen molar-refractivity contribution in [1.82, 2.24) is 4.90 Å². The van der Waals surface area contributed by atoms with Gasteiger partial charge in [0.1, 0.15) is 0 Å². The fourth-order valence-corrected chi connectivity index (χ4v) is 2.46. The third-order valence-electron chi connectivity index (χ3n) is 3.11. The van der Waals surface area contributed by atoms with Crippen LogP contribution in [0.1, 0.15) is 26.2 Å². The summed E-state index contributed by atoms with van der Waals surface area (Å²) in [5, 5.41) is 0. The Morgan fingerprint density at radius 2 is 2.36 bits per heavy atom. The number of hydrogen-bond acceptors (Lipinski definition) is 3. The van der Waals surface area contributed by atoms with E-state index in [1.807, 2.05) is 11.8 Å². The molecule has 0 bridgehead atoms. The molecule has 78 valence electrons. The quantitative estimate of drug-likeness (QED) is 0.608. The van der Waals surface area contributed by atoms with Crippen LogP contribution >= 0.6 is 0 Å². The molecule has 2 aliphatic rings. The summed E-state index contributed by atoms with van der Waals surface area (Å²) in [6, 6.07) is 0.126. The Labute approximate surface area is 83.2 Å². The van der Waals surface area contributed by atoms with Crippen molar-refractivity contribution in [2.24, 2.45) is 5.92 Å². The first-order valence-corrected chi connectivity index (χ1v) is 5.20. The van der Waals surface area contributed by atoms with E-state index >= 15 is 0 Å². The van der Waals surface area contributed by atoms with E-state index in [1.165, 1.54) is 0 Å². The second-order valence-electron chi connectivity index (χ2n) is 3.84. The summed E-state index contributed by atoms with van der Waals surface area (Å²) < 4.78 is 4.99. The number of carbonyl (C=O) groups is 2. The molecule has 0 aromatic rings. The lowest BCUT2D eigenvalue weighted by Crippen LogP contribution is -2.33. The van der Waals surface area contributed by atoms with Crippen molar-refractivity contribution < 1.29 is 14.3 Å². The minimum atomic E-state index is -0.130. The van der Waals surface area contributed by atoms with E-state index in [-0.39, 0.29) is 23.8 Å². The van der Waals surface area contributed by atoms with Crippen LogP contribution in [0.15, 0.2) is 0 Å². The minimum Gasteiger partial charge on any atom is -0.466 e. The molecule has 2 rings (SSSR count). The van der Waals surface area contributed by atoms with Crippen LogP contribution in [0.5, 0.6) is 0 Å². The number of rotatable bonds is 2. The molecule has 1 amide bonds. The Morgan fingerprint density at radius 3 is 3.07 bits per heavy atom. The van der Waals surface area contributed by atoms with Crippen LogP contribution in [0.2, 0.25) is 0 Å². The average Bonchev–Trinajstić information content (AvgIpc) is 2.69. The van der Waals surface area contributed by atoms with Crippen molar-refractivity contribution in [3.8, 4) is 0 Å². The highest BCUT2D eigenvalue weighted by Crippen LogP contribution is 2.34. The molecular formula is C10H15NO3. The number of esters is 1. The molecule has 0 radical (unpaired) electrons. The lowest BCUT2D eigenvalue weighted by Gasteiger charge is -2.18. The first kappa shape index (κ1) is 9.49. The summed E-state index contributed by atoms with van der Waals surface area (Å²) in [5.41, 5.74) is 0. The molecule has 0 saturated carbocycles. The summed E-state index contributed by atoms with van der Waals surface area (Å²) in [7, 11) is 0. The first-order chi connectivity index (χ1) is 6.74. The van der Waals surface area contributed by atoms with Gasteiger partial charge in [0, 0.05) is 19.0 Å². The Morgan fingerprint density at radius 1 is 1.57 bits per heavy atom. The molecule has 2 aliphatic heterocycles. The maximum Gasteiger partial charge on any atom is 0.311 e. The van der Waals surface area contributed by atoms with Gasteiger partial charge < -0.3 is 9.64 Å². The highest BCUT2D eigenvalue weighted by atomic mass is 16.5.